The van der Waals surface area contributed by atoms with Gasteiger partial charge in [-0.05, 0) is 50.2 Å². The minimum Gasteiger partial charge on any atom is -0.479 e. The Balaban J connectivity index is 1.61. The fourth-order valence-corrected chi connectivity index (χ4v) is 3.03. The molecule has 0 fully saturated rings. The van der Waals surface area contributed by atoms with Crippen LogP contribution in [0.1, 0.15) is 12.6 Å². The standard InChI is InChI=1S/C22H22ClN3O5/c1-14-20(21(28)26(25(14)3)17-7-5-4-6-8-17)24-19(27)13-30-22(29)15(2)31-18-11-9-16(23)10-12-18/h4-12,15H,13H2,1-3H3,(H,24,27). The molecule has 0 saturated carbocycles. The highest BCUT2D eigenvalue weighted by atomic mass is 35.5. The summed E-state index contributed by atoms with van der Waals surface area (Å²) in [4.78, 5) is 37.2. The van der Waals surface area contributed by atoms with Gasteiger partial charge in [0.2, 0.25) is 0 Å². The number of halogens is 1. The third kappa shape index (κ3) is 5.16. The van der Waals surface area contributed by atoms with Crippen molar-refractivity contribution in [3.8, 4) is 11.4 Å². The zero-order valence-corrected chi connectivity index (χ0v) is 18.1. The summed E-state index contributed by atoms with van der Waals surface area (Å²) in [5, 5.41) is 3.08. The molecule has 0 bridgehead atoms. The van der Waals surface area contributed by atoms with Crippen molar-refractivity contribution in [1.29, 1.82) is 0 Å². The summed E-state index contributed by atoms with van der Waals surface area (Å²) in [7, 11) is 1.72. The third-order valence-corrected chi connectivity index (χ3v) is 4.87. The topological polar surface area (TPSA) is 91.6 Å². The molecule has 0 radical (unpaired) electrons. The molecule has 3 rings (SSSR count). The van der Waals surface area contributed by atoms with Crippen molar-refractivity contribution in [2.45, 2.75) is 20.0 Å². The van der Waals surface area contributed by atoms with Gasteiger partial charge in [0.15, 0.2) is 12.7 Å². The first-order valence-corrected chi connectivity index (χ1v) is 9.88. The second-order valence-electron chi connectivity index (χ2n) is 6.81. The number of rotatable bonds is 7. The SMILES string of the molecule is Cc1c(NC(=O)COC(=O)C(C)Oc2ccc(Cl)cc2)c(=O)n(-c2ccccc2)n1C. The van der Waals surface area contributed by atoms with Crippen molar-refractivity contribution >= 4 is 29.2 Å². The number of carbonyl (C=O) groups excluding carboxylic acids is 2. The van der Waals surface area contributed by atoms with Gasteiger partial charge in [0.05, 0.1) is 11.4 Å². The lowest BCUT2D eigenvalue weighted by molar-refractivity contribution is -0.153. The highest BCUT2D eigenvalue weighted by molar-refractivity contribution is 6.30. The highest BCUT2D eigenvalue weighted by Gasteiger charge is 2.21. The largest absolute Gasteiger partial charge is 0.479 e. The summed E-state index contributed by atoms with van der Waals surface area (Å²) in [5.74, 6) is -0.894. The Morgan fingerprint density at radius 1 is 1.10 bits per heavy atom. The summed E-state index contributed by atoms with van der Waals surface area (Å²) in [6.45, 7) is 2.67. The fourth-order valence-electron chi connectivity index (χ4n) is 2.91. The van der Waals surface area contributed by atoms with Gasteiger partial charge in [-0.1, -0.05) is 29.8 Å². The number of hydrogen-bond donors (Lipinski definition) is 1. The first-order valence-electron chi connectivity index (χ1n) is 9.50. The number of aromatic nitrogens is 2. The molecule has 0 aliphatic carbocycles. The summed E-state index contributed by atoms with van der Waals surface area (Å²) < 4.78 is 13.6. The van der Waals surface area contributed by atoms with E-state index in [4.69, 9.17) is 21.1 Å². The maximum atomic E-state index is 12.8. The number of para-hydroxylation sites is 1. The maximum Gasteiger partial charge on any atom is 0.347 e. The zero-order chi connectivity index (χ0) is 22.5. The zero-order valence-electron chi connectivity index (χ0n) is 17.3. The second-order valence-corrected chi connectivity index (χ2v) is 7.24. The smallest absolute Gasteiger partial charge is 0.347 e. The van der Waals surface area contributed by atoms with Gasteiger partial charge < -0.3 is 14.8 Å². The van der Waals surface area contributed by atoms with Crippen LogP contribution in [0, 0.1) is 6.92 Å². The van der Waals surface area contributed by atoms with Crippen LogP contribution in [0.15, 0.2) is 59.4 Å². The average molecular weight is 444 g/mol. The molecule has 1 N–H and O–H groups in total. The van der Waals surface area contributed by atoms with E-state index in [2.05, 4.69) is 5.32 Å². The number of esters is 1. The van der Waals surface area contributed by atoms with E-state index in [-0.39, 0.29) is 11.2 Å². The molecule has 0 spiro atoms. The average Bonchev–Trinajstić information content (AvgIpc) is 2.97. The van der Waals surface area contributed by atoms with Crippen LogP contribution >= 0.6 is 11.6 Å². The third-order valence-electron chi connectivity index (χ3n) is 4.62. The number of anilines is 1. The number of nitrogens with zero attached hydrogens (tertiary/aromatic N) is 2. The van der Waals surface area contributed by atoms with E-state index in [1.54, 1.807) is 55.1 Å². The molecule has 162 valence electrons. The van der Waals surface area contributed by atoms with Crippen molar-refractivity contribution in [2.75, 3.05) is 11.9 Å². The van der Waals surface area contributed by atoms with E-state index in [1.807, 2.05) is 18.2 Å². The lowest BCUT2D eigenvalue weighted by Crippen LogP contribution is -2.30. The molecule has 9 heteroatoms. The quantitative estimate of drug-likeness (QED) is 0.566. The monoisotopic (exact) mass is 443 g/mol. The first-order chi connectivity index (χ1) is 14.8. The summed E-state index contributed by atoms with van der Waals surface area (Å²) in [6, 6.07) is 15.6. The van der Waals surface area contributed by atoms with Crippen LogP contribution in [0.25, 0.3) is 5.69 Å². The minimum absolute atomic E-state index is 0.123. The van der Waals surface area contributed by atoms with Crippen LogP contribution < -0.4 is 15.6 Å². The Hall–Kier alpha value is -3.52. The van der Waals surface area contributed by atoms with E-state index < -0.39 is 24.6 Å². The van der Waals surface area contributed by atoms with E-state index in [0.717, 1.165) is 0 Å². The van der Waals surface area contributed by atoms with Crippen molar-refractivity contribution in [3.05, 3.63) is 75.7 Å². The van der Waals surface area contributed by atoms with E-state index in [1.165, 1.54) is 11.6 Å². The molecule has 0 saturated heterocycles. The van der Waals surface area contributed by atoms with Crippen LogP contribution in [-0.4, -0.2) is 34.0 Å². The van der Waals surface area contributed by atoms with E-state index in [0.29, 0.717) is 22.2 Å². The molecule has 1 heterocycles. The molecule has 0 aliphatic rings. The molecule has 31 heavy (non-hydrogen) atoms. The fraction of sp³-hybridized carbons (Fsp3) is 0.227. The van der Waals surface area contributed by atoms with Crippen LogP contribution in [0.3, 0.4) is 0 Å². The summed E-state index contributed by atoms with van der Waals surface area (Å²) >= 11 is 5.81. The number of amides is 1. The molecule has 3 aromatic rings. The van der Waals surface area contributed by atoms with E-state index in [9.17, 15) is 14.4 Å². The molecule has 1 unspecified atom stereocenters. The molecular weight excluding hydrogens is 422 g/mol. The Labute approximate surface area is 183 Å². The lowest BCUT2D eigenvalue weighted by Gasteiger charge is -2.13. The number of carbonyl (C=O) groups is 2. The second kappa shape index (κ2) is 9.53. The predicted octanol–water partition coefficient (Wildman–Crippen LogP) is 3.09. The molecule has 1 atom stereocenters. The lowest BCUT2D eigenvalue weighted by atomic mass is 10.3. The Morgan fingerprint density at radius 2 is 1.74 bits per heavy atom. The predicted molar refractivity (Wildman–Crippen MR) is 117 cm³/mol. The Morgan fingerprint density at radius 3 is 2.39 bits per heavy atom. The molecular formula is C22H22ClN3O5. The van der Waals surface area contributed by atoms with Crippen LogP contribution in [0.2, 0.25) is 5.02 Å². The number of hydrogen-bond acceptors (Lipinski definition) is 5. The summed E-state index contributed by atoms with van der Waals surface area (Å²) in [6.07, 6.45) is -0.928. The van der Waals surface area contributed by atoms with Crippen LogP contribution in [0.4, 0.5) is 5.69 Å². The Bertz CT molecular complexity index is 1140. The molecule has 0 aliphatic heterocycles. The number of nitrogens with one attached hydrogen (secondary N) is 1. The van der Waals surface area contributed by atoms with Crippen LogP contribution in [0.5, 0.6) is 5.75 Å². The first kappa shape index (κ1) is 22.2. The summed E-state index contributed by atoms with van der Waals surface area (Å²) in [5.41, 5.74) is 0.967. The normalized spacial score (nSPS) is 11.6. The minimum atomic E-state index is -0.928. The van der Waals surface area contributed by atoms with Gasteiger partial charge >= 0.3 is 5.97 Å². The van der Waals surface area contributed by atoms with Crippen molar-refractivity contribution in [2.24, 2.45) is 7.05 Å². The molecule has 1 amide bonds. The van der Waals surface area contributed by atoms with Gasteiger partial charge in [-0.3, -0.25) is 14.3 Å². The van der Waals surface area contributed by atoms with Gasteiger partial charge in [0.25, 0.3) is 11.5 Å². The Kier molecular flexibility index (Phi) is 6.81. The van der Waals surface area contributed by atoms with Gasteiger partial charge in [-0.25, -0.2) is 9.48 Å². The van der Waals surface area contributed by atoms with Crippen molar-refractivity contribution in [1.82, 2.24) is 9.36 Å². The van der Waals surface area contributed by atoms with Crippen LogP contribution in [-0.2, 0) is 21.4 Å². The van der Waals surface area contributed by atoms with E-state index >= 15 is 0 Å². The molecule has 2 aromatic carbocycles. The number of benzene rings is 2. The maximum absolute atomic E-state index is 12.8. The number of ether oxygens (including phenoxy) is 2. The van der Waals surface area contributed by atoms with Gasteiger partial charge in [0, 0.05) is 12.1 Å². The molecule has 8 nitrogen and oxygen atoms in total. The molecule has 1 aromatic heterocycles. The van der Waals surface area contributed by atoms with Crippen molar-refractivity contribution in [3.63, 3.8) is 0 Å². The van der Waals surface area contributed by atoms with Crippen molar-refractivity contribution < 1.29 is 19.1 Å². The highest BCUT2D eigenvalue weighted by Crippen LogP contribution is 2.17. The van der Waals surface area contributed by atoms with Gasteiger partial charge in [0.1, 0.15) is 11.4 Å². The van der Waals surface area contributed by atoms with Gasteiger partial charge in [-0.2, -0.15) is 0 Å². The van der Waals surface area contributed by atoms with Gasteiger partial charge in [-0.15, -0.1) is 0 Å².